The molecule has 0 aromatic heterocycles. The van der Waals surface area contributed by atoms with E-state index < -0.39 is 13.4 Å². The van der Waals surface area contributed by atoms with E-state index in [2.05, 4.69) is 257 Å². The minimum atomic E-state index is -3.08. The van der Waals surface area contributed by atoms with Crippen LogP contribution in [0.2, 0.25) is 0 Å². The van der Waals surface area contributed by atoms with E-state index in [4.69, 9.17) is 0 Å². The average Bonchev–Trinajstić information content (AvgIpc) is 4.00. The normalized spacial score (nSPS) is 12.6. The first kappa shape index (κ1) is 74.2. The minimum absolute atomic E-state index is 0. The van der Waals surface area contributed by atoms with E-state index in [-0.39, 0.29) is 37.2 Å². The fraction of sp³-hybridized carbons (Fsp3) is 0.417. The quantitative estimate of drug-likeness (QED) is 0.0796. The van der Waals surface area contributed by atoms with Gasteiger partial charge in [-0.05, 0) is 117 Å². The fourth-order valence-electron chi connectivity index (χ4n) is 8.48. The molecule has 0 atom stereocenters. The molecule has 0 spiro atoms. The van der Waals surface area contributed by atoms with Crippen LogP contribution < -0.4 is 19.6 Å². The standard InChI is InChI=1S/2C27H37N2.C2H5.2CF3.2CH3.2Au.ClH/c2*1-18(2)22-11-9-12-23(19(3)4)26(22)28-15-16-29(17-28)27-24(20(5)6)13-10-14-25(27)21(7)8;1-2;2*2-1(3)4;;;;;/h2*9-21H,1-8H3;1H2,2H3;;;2*1H3;;;1H/q7*-1;;+1;/p-1. The van der Waals surface area contributed by atoms with E-state index in [9.17, 15) is 26.3 Å². The fourth-order valence-corrected chi connectivity index (χ4v) is 8.48. The molecule has 0 aliphatic carbocycles. The molecule has 0 saturated heterocycles. The molecule has 423 valence electrons. The Morgan fingerprint density at radius 2 is 0.466 bits per heavy atom. The molecular formula is C60H85Au2ClF6N4-7. The van der Waals surface area contributed by atoms with Crippen molar-refractivity contribution in [1.82, 2.24) is 0 Å². The van der Waals surface area contributed by atoms with Gasteiger partial charge in [0.15, 0.2) is 13.4 Å². The number of nitrogens with zero attached hydrogens (tertiary/aromatic N) is 4. The molecule has 4 nitrogen and oxygen atoms in total. The van der Waals surface area contributed by atoms with Crippen LogP contribution >= 0.6 is 9.19 Å². The summed E-state index contributed by atoms with van der Waals surface area (Å²) in [6, 6.07) is 27.0. The molecule has 0 bridgehead atoms. The molecule has 4 aromatic rings. The Labute approximate surface area is 472 Å². The van der Waals surface area contributed by atoms with Crippen LogP contribution in [0.1, 0.15) is 210 Å². The third kappa shape index (κ3) is 21.8. The second kappa shape index (κ2) is 36.8. The Morgan fingerprint density at radius 3 is 0.562 bits per heavy atom. The van der Waals surface area contributed by atoms with Crippen molar-refractivity contribution in [2.24, 2.45) is 0 Å². The van der Waals surface area contributed by atoms with Crippen molar-refractivity contribution in [1.29, 1.82) is 0 Å². The van der Waals surface area contributed by atoms with Crippen molar-refractivity contribution in [2.75, 3.05) is 19.6 Å². The average molecular weight is 1410 g/mol. The van der Waals surface area contributed by atoms with Gasteiger partial charge in [0.2, 0.25) is 0 Å². The van der Waals surface area contributed by atoms with E-state index in [0.29, 0.717) is 47.3 Å². The molecular weight excluding hydrogens is 1320 g/mol. The van der Waals surface area contributed by atoms with Crippen molar-refractivity contribution in [3.05, 3.63) is 191 Å². The van der Waals surface area contributed by atoms with Crippen LogP contribution in [0.5, 0.6) is 0 Å². The Hall–Kier alpha value is -3.09. The Bertz CT molecular complexity index is 1790. The van der Waals surface area contributed by atoms with Gasteiger partial charge in [-0.3, -0.25) is 0 Å². The Balaban J connectivity index is -0.00000107. The SMILES string of the molecule is CC(C)c1cccc(C(C)C)c1N1C=CN(c2c(C(C)C)cccc2C(C)C)[CH-]1.CC(C)c1cccc(C(C)C)c1N1C=CN(c2c(C(C)C)cccc2C(C)C)[CH-]1.F[C-](F)F.F[C-](F)F.[Au].[CH2-]C.[CH3-].[CH3-].[Cl][Au]. The maximum atomic E-state index is 9.58. The Kier molecular flexibility index (Phi) is 37.4. The topological polar surface area (TPSA) is 13.0 Å². The van der Waals surface area contributed by atoms with Crippen molar-refractivity contribution in [2.45, 2.75) is 165 Å². The van der Waals surface area contributed by atoms with Crippen molar-refractivity contribution < 1.29 is 68.7 Å². The molecule has 0 N–H and O–H groups in total. The van der Waals surface area contributed by atoms with Gasteiger partial charge in [0, 0.05) is 45.1 Å². The summed E-state index contributed by atoms with van der Waals surface area (Å²) in [6.45, 7) is 39.9. The van der Waals surface area contributed by atoms with E-state index in [1.165, 1.54) is 67.3 Å². The second-order valence-electron chi connectivity index (χ2n) is 19.3. The van der Waals surface area contributed by atoms with E-state index >= 15 is 0 Å². The monoisotopic (exact) mass is 1400 g/mol. The molecule has 2 aliphatic rings. The van der Waals surface area contributed by atoms with Crippen molar-refractivity contribution >= 4 is 31.9 Å². The van der Waals surface area contributed by atoms with Gasteiger partial charge in [0.05, 0.1) is 0 Å². The van der Waals surface area contributed by atoms with Crippen molar-refractivity contribution in [3.63, 3.8) is 0 Å². The number of halogens is 7. The first-order valence-corrected chi connectivity index (χ1v) is 26.8. The summed E-state index contributed by atoms with van der Waals surface area (Å²) in [5, 5.41) is 0. The predicted molar refractivity (Wildman–Crippen MR) is 298 cm³/mol. The molecule has 73 heavy (non-hydrogen) atoms. The van der Waals surface area contributed by atoms with Crippen molar-refractivity contribution in [3.8, 4) is 0 Å². The molecule has 6 rings (SSSR count). The van der Waals surface area contributed by atoms with Crippen LogP contribution in [0.4, 0.5) is 49.1 Å². The number of hydrogen-bond acceptors (Lipinski definition) is 4. The number of benzene rings is 4. The molecule has 4 aromatic carbocycles. The van der Waals surface area contributed by atoms with Crippen LogP contribution in [0.3, 0.4) is 0 Å². The first-order chi connectivity index (χ1) is 32.9. The predicted octanol–water partition coefficient (Wildman–Crippen LogP) is 21.3. The first-order valence-electron chi connectivity index (χ1n) is 24.1. The van der Waals surface area contributed by atoms with Gasteiger partial charge in [-0.15, -0.1) is 13.3 Å². The third-order valence-corrected chi connectivity index (χ3v) is 11.7. The number of anilines is 4. The van der Waals surface area contributed by atoms with Crippen LogP contribution in [-0.4, -0.2) is 0 Å². The van der Waals surface area contributed by atoms with E-state index in [1.54, 1.807) is 26.9 Å². The molecule has 0 amide bonds. The summed E-state index contributed by atoms with van der Waals surface area (Å²) < 4.78 is 57.5. The number of para-hydroxylation sites is 4. The number of hydrogen-bond donors (Lipinski definition) is 0. The van der Waals surface area contributed by atoms with Gasteiger partial charge in [-0.1, -0.05) is 184 Å². The molecule has 13 heteroatoms. The summed E-state index contributed by atoms with van der Waals surface area (Å²) in [5.41, 5.74) is 16.6. The maximum absolute atomic E-state index is 9.58. The van der Waals surface area contributed by atoms with E-state index in [0.717, 1.165) is 0 Å². The molecule has 1 radical (unpaired) electrons. The Morgan fingerprint density at radius 1 is 0.356 bits per heavy atom. The van der Waals surface area contributed by atoms with Crippen LogP contribution in [0.25, 0.3) is 0 Å². The van der Waals surface area contributed by atoms with Crippen LogP contribution in [-0.2, 0) is 42.4 Å². The zero-order valence-corrected chi connectivity index (χ0v) is 51.8. The van der Waals surface area contributed by atoms with Gasteiger partial charge in [0.1, 0.15) is 0 Å². The zero-order chi connectivity index (χ0) is 53.7. The third-order valence-electron chi connectivity index (χ3n) is 11.7. The molecule has 0 fully saturated rings. The van der Waals surface area contributed by atoms with Crippen LogP contribution in [0, 0.1) is 48.5 Å². The zero-order valence-electron chi connectivity index (χ0n) is 46.8. The number of rotatable bonds is 12. The summed E-state index contributed by atoms with van der Waals surface area (Å²) in [5.74, 6) is 3.84. The summed E-state index contributed by atoms with van der Waals surface area (Å²) >= 11 is 1.75. The molecule has 2 aliphatic heterocycles. The van der Waals surface area contributed by atoms with Gasteiger partial charge in [-0.25, -0.2) is 0 Å². The van der Waals surface area contributed by atoms with E-state index in [1.807, 2.05) is 0 Å². The van der Waals surface area contributed by atoms with Gasteiger partial charge in [-0.2, -0.15) is 6.92 Å². The summed E-state index contributed by atoms with van der Waals surface area (Å²) in [4.78, 5) is 9.30. The van der Waals surface area contributed by atoms with Crippen LogP contribution in [0.15, 0.2) is 97.6 Å². The van der Waals surface area contributed by atoms with Gasteiger partial charge >= 0.3 is 29.2 Å². The second-order valence-corrected chi connectivity index (χ2v) is 19.3. The molecule has 0 unspecified atom stereocenters. The summed E-state index contributed by atoms with van der Waals surface area (Å²) in [7, 11) is 4.58. The van der Waals surface area contributed by atoms with Gasteiger partial charge < -0.3 is 67.7 Å². The van der Waals surface area contributed by atoms with Gasteiger partial charge in [0.25, 0.3) is 0 Å². The molecule has 0 saturated carbocycles. The summed E-state index contributed by atoms with van der Waals surface area (Å²) in [6.07, 6.45) is 8.87. The molecule has 2 heterocycles.